The molecule has 1 saturated heterocycles. The van der Waals surface area contributed by atoms with Crippen LogP contribution in [0.15, 0.2) is 36.4 Å². The summed E-state index contributed by atoms with van der Waals surface area (Å²) >= 11 is 0. The highest BCUT2D eigenvalue weighted by atomic mass is 32.2. The Balaban J connectivity index is 1.39. The Bertz CT molecular complexity index is 2140. The van der Waals surface area contributed by atoms with Gasteiger partial charge in [0.1, 0.15) is 29.5 Å². The Morgan fingerprint density at radius 2 is 1.80 bits per heavy atom. The molecule has 4 aliphatic rings. The minimum Gasteiger partial charge on any atom is -0.497 e. The van der Waals surface area contributed by atoms with Crippen LogP contribution in [0.25, 0.3) is 10.8 Å². The number of carbonyl (C=O) groups excluding carboxylic acids is 4. The van der Waals surface area contributed by atoms with Crippen molar-refractivity contribution in [2.75, 3.05) is 20.8 Å². The number of hydrogen-bond donors (Lipinski definition) is 3. The van der Waals surface area contributed by atoms with Gasteiger partial charge in [-0.25, -0.2) is 13.2 Å². The van der Waals surface area contributed by atoms with Crippen molar-refractivity contribution in [1.82, 2.24) is 25.2 Å². The van der Waals surface area contributed by atoms with Crippen LogP contribution in [0.5, 0.6) is 17.5 Å². The Kier molecular flexibility index (Phi) is 12.4. The van der Waals surface area contributed by atoms with Crippen LogP contribution in [0.3, 0.4) is 0 Å². The van der Waals surface area contributed by atoms with Gasteiger partial charge in [-0.3, -0.25) is 19.1 Å². The first-order valence-corrected chi connectivity index (χ1v) is 21.7. The zero-order valence-corrected chi connectivity index (χ0v) is 35.6. The van der Waals surface area contributed by atoms with Crippen LogP contribution in [-0.4, -0.2) is 103 Å². The maximum atomic E-state index is 15.0. The number of benzene rings is 1. The molecule has 1 aromatic carbocycles. The molecule has 7 atom stereocenters. The van der Waals surface area contributed by atoms with E-state index in [4.69, 9.17) is 18.9 Å². The number of pyridine rings is 1. The highest BCUT2D eigenvalue weighted by Crippen LogP contribution is 2.48. The molecular formula is C41H54F3N5O10S. The molecule has 1 aromatic heterocycles. The molecule has 3 heterocycles. The summed E-state index contributed by atoms with van der Waals surface area (Å²) in [6.07, 6.45) is -1.11. The summed E-state index contributed by atoms with van der Waals surface area (Å²) in [7, 11) is -1.15. The Morgan fingerprint density at radius 3 is 2.43 bits per heavy atom. The fourth-order valence-electron chi connectivity index (χ4n) is 7.92. The lowest BCUT2D eigenvalue weighted by Crippen LogP contribution is -2.60. The molecule has 4 amide bonds. The van der Waals surface area contributed by atoms with Crippen LogP contribution in [0.1, 0.15) is 86.0 Å². The van der Waals surface area contributed by atoms with Gasteiger partial charge in [0.2, 0.25) is 39.2 Å². The van der Waals surface area contributed by atoms with Gasteiger partial charge in [0.05, 0.1) is 25.5 Å². The summed E-state index contributed by atoms with van der Waals surface area (Å²) < 4.78 is 91.1. The molecule has 3 fully saturated rings. The Morgan fingerprint density at radius 1 is 1.08 bits per heavy atom. The van der Waals surface area contributed by atoms with Crippen molar-refractivity contribution in [1.29, 1.82) is 0 Å². The molecule has 2 aromatic rings. The van der Waals surface area contributed by atoms with Gasteiger partial charge in [-0.15, -0.1) is 0 Å². The lowest BCUT2D eigenvalue weighted by molar-refractivity contribution is -0.244. The largest absolute Gasteiger partial charge is 0.497 e. The number of amides is 4. The number of nitrogens with zero attached hydrogens (tertiary/aromatic N) is 2. The maximum absolute atomic E-state index is 15.0. The summed E-state index contributed by atoms with van der Waals surface area (Å²) in [5.41, 5.74) is -4.56. The van der Waals surface area contributed by atoms with E-state index in [1.165, 1.54) is 26.0 Å². The van der Waals surface area contributed by atoms with E-state index in [0.29, 0.717) is 68.9 Å². The number of rotatable bonds is 10. The van der Waals surface area contributed by atoms with E-state index in [1.54, 1.807) is 37.3 Å². The summed E-state index contributed by atoms with van der Waals surface area (Å²) in [6, 6.07) is 4.06. The monoisotopic (exact) mass is 865 g/mol. The molecule has 2 saturated carbocycles. The van der Waals surface area contributed by atoms with Crippen LogP contribution in [0.2, 0.25) is 0 Å². The average Bonchev–Trinajstić information content (AvgIpc) is 4.06. The second-order valence-electron chi connectivity index (χ2n) is 17.2. The van der Waals surface area contributed by atoms with Crippen LogP contribution in [0, 0.1) is 17.8 Å². The van der Waals surface area contributed by atoms with E-state index >= 15 is 0 Å². The highest BCUT2D eigenvalue weighted by molar-refractivity contribution is 7.91. The van der Waals surface area contributed by atoms with Crippen LogP contribution in [0.4, 0.5) is 18.0 Å². The summed E-state index contributed by atoms with van der Waals surface area (Å²) in [4.78, 5) is 62.5. The van der Waals surface area contributed by atoms with Crippen LogP contribution < -0.4 is 29.6 Å². The number of aromatic nitrogens is 1. The van der Waals surface area contributed by atoms with Crippen molar-refractivity contribution in [3.8, 4) is 17.5 Å². The zero-order valence-electron chi connectivity index (χ0n) is 34.8. The first-order chi connectivity index (χ1) is 28.1. The lowest BCUT2D eigenvalue weighted by atomic mass is 9.85. The third-order valence-electron chi connectivity index (χ3n) is 12.4. The molecule has 330 valence electrons. The minimum absolute atomic E-state index is 0.0441. The molecule has 6 rings (SSSR count). The molecule has 0 radical (unpaired) electrons. The standard InChI is InChI=1S/C41H54F3N5O10S/c1-8-24-17-23(2)11-9-10-12-26-21-40(26,36(52)48-60(54,55)39(5)15-16-39)47-33(50)30-20-28(58-34-29-14-13-27(56-6)18-25(29)19-31(45-34)57-7)22-49(30)35(51)32(24)46-37(53)59-38(3,4)41(42,43)44/h10,12-14,18-19,23-24,26,28,30,32H,8-9,11,15-17,20-22H2,1-7H3,(H,46,53)(H,47,50)(H,48,52)/b12-10-/t23-,24-,26-,28-,30+,32+,40-/m1/s1. The normalized spacial score (nSPS) is 28.8. The van der Waals surface area contributed by atoms with Crippen LogP contribution in [-0.2, 0) is 29.1 Å². The lowest BCUT2D eigenvalue weighted by Gasteiger charge is -2.35. The van der Waals surface area contributed by atoms with Gasteiger partial charge >= 0.3 is 12.3 Å². The molecule has 2 aliphatic heterocycles. The van der Waals surface area contributed by atoms with Crippen molar-refractivity contribution in [2.45, 2.75) is 126 Å². The van der Waals surface area contributed by atoms with Gasteiger partial charge in [0, 0.05) is 23.8 Å². The number of carbonyl (C=O) groups is 4. The smallest absolute Gasteiger partial charge is 0.427 e. The second-order valence-corrected chi connectivity index (χ2v) is 19.4. The number of alkyl halides is 3. The number of sulfonamides is 1. The third-order valence-corrected chi connectivity index (χ3v) is 14.5. The first kappa shape index (κ1) is 44.7. The molecule has 19 heteroatoms. The Labute approximate surface area is 347 Å². The van der Waals surface area contributed by atoms with E-state index in [-0.39, 0.29) is 37.1 Å². The number of ether oxygens (including phenoxy) is 4. The number of hydrogen-bond acceptors (Lipinski definition) is 11. The van der Waals surface area contributed by atoms with Gasteiger partial charge < -0.3 is 34.5 Å². The van der Waals surface area contributed by atoms with Gasteiger partial charge in [0.15, 0.2) is 0 Å². The predicted octanol–water partition coefficient (Wildman–Crippen LogP) is 5.31. The number of alkyl carbamates (subject to hydrolysis) is 1. The molecular weight excluding hydrogens is 812 g/mol. The summed E-state index contributed by atoms with van der Waals surface area (Å²) in [6.45, 7) is 6.43. The molecule has 60 heavy (non-hydrogen) atoms. The zero-order chi connectivity index (χ0) is 44.0. The number of halogens is 3. The van der Waals surface area contributed by atoms with Gasteiger partial charge in [-0.05, 0) is 94.7 Å². The number of allylic oxidation sites excluding steroid dienone is 1. The number of fused-ring (bicyclic) bond motifs is 3. The molecule has 3 N–H and O–H groups in total. The minimum atomic E-state index is -4.92. The maximum Gasteiger partial charge on any atom is 0.427 e. The van der Waals surface area contributed by atoms with E-state index in [1.807, 2.05) is 13.0 Å². The fraction of sp³-hybridized carbons (Fsp3) is 0.634. The van der Waals surface area contributed by atoms with E-state index in [0.717, 1.165) is 0 Å². The van der Waals surface area contributed by atoms with Gasteiger partial charge in [0.25, 0.3) is 5.91 Å². The van der Waals surface area contributed by atoms with Crippen molar-refractivity contribution in [3.05, 3.63) is 36.4 Å². The summed E-state index contributed by atoms with van der Waals surface area (Å²) in [5, 5.41) is 6.44. The SMILES string of the molecule is CC[C@@H]1C[C@H](C)CC/C=C\[C@@H]2C[C@@]2(C(=O)NS(=O)(=O)C2(C)CC2)NC(=O)[C@@H]2C[C@@H](Oc3nc(OC)cc4cc(OC)ccc34)CN2C(=O)[C@H]1NC(=O)OC(C)(C)C(F)(F)F. The fourth-order valence-corrected chi connectivity index (χ4v) is 9.23. The van der Waals surface area contributed by atoms with E-state index in [2.05, 4.69) is 20.3 Å². The van der Waals surface area contributed by atoms with Gasteiger partial charge in [-0.1, -0.05) is 32.4 Å². The predicted molar refractivity (Wildman–Crippen MR) is 213 cm³/mol. The topological polar surface area (TPSA) is 192 Å². The van der Waals surface area contributed by atoms with Gasteiger partial charge in [-0.2, -0.15) is 18.2 Å². The van der Waals surface area contributed by atoms with Crippen LogP contribution >= 0.6 is 0 Å². The Hall–Kier alpha value is -4.81. The molecule has 0 spiro atoms. The van der Waals surface area contributed by atoms with Crippen molar-refractivity contribution in [2.24, 2.45) is 17.8 Å². The van der Waals surface area contributed by atoms with Crippen molar-refractivity contribution >= 4 is 44.6 Å². The molecule has 0 unspecified atom stereocenters. The second kappa shape index (κ2) is 16.6. The summed E-state index contributed by atoms with van der Waals surface area (Å²) in [5.74, 6) is -2.81. The highest BCUT2D eigenvalue weighted by Gasteiger charge is 2.63. The van der Waals surface area contributed by atoms with E-state index < -0.39 is 85.9 Å². The molecule has 2 aliphatic carbocycles. The number of nitrogens with one attached hydrogen (secondary N) is 3. The molecule has 15 nitrogen and oxygen atoms in total. The van der Waals surface area contributed by atoms with E-state index in [9.17, 15) is 40.8 Å². The number of methoxy groups -OCH3 is 2. The quantitative estimate of drug-likeness (QED) is 0.262. The average molecular weight is 866 g/mol. The van der Waals surface area contributed by atoms with Crippen molar-refractivity contribution < 1.29 is 59.7 Å². The molecule has 0 bridgehead atoms. The van der Waals surface area contributed by atoms with Crippen molar-refractivity contribution in [3.63, 3.8) is 0 Å². The first-order valence-electron chi connectivity index (χ1n) is 20.2. The third kappa shape index (κ3) is 9.10.